The highest BCUT2D eigenvalue weighted by atomic mass is 16.5. The molecule has 8 nitrogen and oxygen atoms in total. The van der Waals surface area contributed by atoms with Crippen LogP contribution in [0, 0.1) is 0 Å². The minimum atomic E-state index is -0.630. The molecule has 0 spiro atoms. The number of Topliss-reactive ketones (excluding diaryl/α,β-unsaturated/α-hetero) is 1. The molecule has 1 aliphatic heterocycles. The van der Waals surface area contributed by atoms with Crippen LogP contribution in [0.25, 0.3) is 0 Å². The van der Waals surface area contributed by atoms with Crippen molar-refractivity contribution >= 4 is 11.8 Å². The molecule has 0 unspecified atom stereocenters. The van der Waals surface area contributed by atoms with Gasteiger partial charge in [0.05, 0.1) is 46.5 Å². The quantitative estimate of drug-likeness (QED) is 0.517. The van der Waals surface area contributed by atoms with Crippen LogP contribution in [0.1, 0.15) is 49.7 Å². The fourth-order valence-corrected chi connectivity index (χ4v) is 5.23. The molecule has 0 radical (unpaired) electrons. The summed E-state index contributed by atoms with van der Waals surface area (Å²) in [6.45, 7) is 3.82. The fourth-order valence-electron chi connectivity index (χ4n) is 5.23. The van der Waals surface area contributed by atoms with Crippen LogP contribution in [-0.4, -0.2) is 46.8 Å². The molecule has 1 aliphatic carbocycles. The van der Waals surface area contributed by atoms with E-state index in [-0.39, 0.29) is 18.3 Å². The molecule has 2 atom stereocenters. The van der Waals surface area contributed by atoms with Crippen LogP contribution in [0.2, 0.25) is 0 Å². The molecule has 2 aromatic carbocycles. The molecular weight excluding hydrogens is 474 g/mol. The summed E-state index contributed by atoms with van der Waals surface area (Å²) in [5.74, 6) is 1.21. The van der Waals surface area contributed by atoms with E-state index in [0.29, 0.717) is 58.2 Å². The van der Waals surface area contributed by atoms with Crippen LogP contribution in [0.5, 0.6) is 23.0 Å². The van der Waals surface area contributed by atoms with Crippen LogP contribution in [0.4, 0.5) is 0 Å². The molecule has 8 heteroatoms. The van der Waals surface area contributed by atoms with E-state index in [1.165, 1.54) is 0 Å². The zero-order valence-electron chi connectivity index (χ0n) is 22.1. The van der Waals surface area contributed by atoms with Crippen LogP contribution in [0.15, 0.2) is 58.9 Å². The van der Waals surface area contributed by atoms with Crippen LogP contribution in [0.3, 0.4) is 0 Å². The molecule has 4 rings (SSSR count). The predicted molar refractivity (Wildman–Crippen MR) is 138 cm³/mol. The first kappa shape index (κ1) is 26.1. The van der Waals surface area contributed by atoms with Crippen molar-refractivity contribution in [1.82, 2.24) is 5.32 Å². The Morgan fingerprint density at radius 1 is 0.919 bits per heavy atom. The molecule has 196 valence electrons. The minimum Gasteiger partial charge on any atom is -0.497 e. The molecule has 0 bridgehead atoms. The van der Waals surface area contributed by atoms with E-state index in [9.17, 15) is 9.59 Å². The van der Waals surface area contributed by atoms with Crippen molar-refractivity contribution in [1.29, 1.82) is 0 Å². The van der Waals surface area contributed by atoms with Gasteiger partial charge in [-0.25, -0.2) is 4.79 Å². The standard InChI is InChI=1S/C29H33NO7/c1-7-37-29(32)26-16(2)30-21-12-18(17-8-11-23(34-4)25(14-17)36-6)13-22(31)28(21)27(26)20-10-9-19(33-3)15-24(20)35-5/h8-11,14-15,18,27,30H,7,12-13H2,1-6H3/t18-,27-/m0/s1. The first-order chi connectivity index (χ1) is 17.9. The van der Waals surface area contributed by atoms with Crippen LogP contribution in [-0.2, 0) is 14.3 Å². The monoisotopic (exact) mass is 507 g/mol. The number of nitrogens with one attached hydrogen (secondary N) is 1. The van der Waals surface area contributed by atoms with Crippen LogP contribution < -0.4 is 24.3 Å². The highest BCUT2D eigenvalue weighted by molar-refractivity contribution is 6.04. The summed E-state index contributed by atoms with van der Waals surface area (Å²) in [5.41, 5.74) is 4.11. The molecule has 0 aromatic heterocycles. The largest absolute Gasteiger partial charge is 0.497 e. The van der Waals surface area contributed by atoms with Gasteiger partial charge in [0.1, 0.15) is 11.5 Å². The van der Waals surface area contributed by atoms with Crippen molar-refractivity contribution in [3.8, 4) is 23.0 Å². The molecule has 0 saturated heterocycles. The van der Waals surface area contributed by atoms with Gasteiger partial charge in [-0.15, -0.1) is 0 Å². The maximum atomic E-state index is 13.8. The lowest BCUT2D eigenvalue weighted by Crippen LogP contribution is -2.36. The number of methoxy groups -OCH3 is 4. The molecule has 2 aromatic rings. The predicted octanol–water partition coefficient (Wildman–Crippen LogP) is 4.65. The fraction of sp³-hybridized carbons (Fsp3) is 0.379. The highest BCUT2D eigenvalue weighted by Gasteiger charge is 2.42. The third-order valence-corrected chi connectivity index (χ3v) is 6.95. The van der Waals surface area contributed by atoms with Gasteiger partial charge in [0, 0.05) is 35.0 Å². The zero-order valence-corrected chi connectivity index (χ0v) is 22.1. The Hall–Kier alpha value is -3.94. The second-order valence-corrected chi connectivity index (χ2v) is 8.96. The van der Waals surface area contributed by atoms with Crippen molar-refractivity contribution < 1.29 is 33.3 Å². The summed E-state index contributed by atoms with van der Waals surface area (Å²) < 4.78 is 27.3. The molecule has 0 amide bonds. The molecule has 37 heavy (non-hydrogen) atoms. The number of benzene rings is 2. The Balaban J connectivity index is 1.82. The molecule has 0 saturated carbocycles. The first-order valence-electron chi connectivity index (χ1n) is 12.2. The van der Waals surface area contributed by atoms with E-state index in [2.05, 4.69) is 5.32 Å². The lowest BCUT2D eigenvalue weighted by atomic mass is 9.71. The summed E-state index contributed by atoms with van der Waals surface area (Å²) in [6.07, 6.45) is 0.888. The Morgan fingerprint density at radius 2 is 1.65 bits per heavy atom. The lowest BCUT2D eigenvalue weighted by molar-refractivity contribution is -0.138. The topological polar surface area (TPSA) is 92.3 Å². The Bertz CT molecular complexity index is 1280. The Labute approximate surface area is 217 Å². The summed E-state index contributed by atoms with van der Waals surface area (Å²) in [6, 6.07) is 11.1. The number of carbonyl (C=O) groups is 2. The average molecular weight is 508 g/mol. The minimum absolute atomic E-state index is 0.0364. The maximum absolute atomic E-state index is 13.8. The van der Waals surface area contributed by atoms with Gasteiger partial charge in [0.15, 0.2) is 17.3 Å². The van der Waals surface area contributed by atoms with Crippen LogP contribution >= 0.6 is 0 Å². The number of hydrogen-bond acceptors (Lipinski definition) is 8. The van der Waals surface area contributed by atoms with E-state index in [1.807, 2.05) is 31.2 Å². The van der Waals surface area contributed by atoms with E-state index >= 15 is 0 Å². The number of ether oxygens (including phenoxy) is 5. The van der Waals surface area contributed by atoms with Gasteiger partial charge < -0.3 is 29.0 Å². The Morgan fingerprint density at radius 3 is 2.30 bits per heavy atom. The second-order valence-electron chi connectivity index (χ2n) is 8.96. The van der Waals surface area contributed by atoms with Gasteiger partial charge in [0.25, 0.3) is 0 Å². The lowest BCUT2D eigenvalue weighted by Gasteiger charge is -2.37. The van der Waals surface area contributed by atoms with E-state index in [1.54, 1.807) is 47.5 Å². The van der Waals surface area contributed by atoms with E-state index < -0.39 is 11.9 Å². The molecule has 1 heterocycles. The van der Waals surface area contributed by atoms with Crippen molar-refractivity contribution in [3.05, 3.63) is 70.1 Å². The number of ketones is 1. The number of hydrogen-bond donors (Lipinski definition) is 1. The number of carbonyl (C=O) groups excluding carboxylic acids is 2. The van der Waals surface area contributed by atoms with Crippen molar-refractivity contribution in [2.24, 2.45) is 0 Å². The van der Waals surface area contributed by atoms with Gasteiger partial charge >= 0.3 is 5.97 Å². The number of rotatable bonds is 8. The first-order valence-corrected chi connectivity index (χ1v) is 12.2. The number of dihydropyridines is 1. The SMILES string of the molecule is CCOC(=O)C1=C(C)NC2=C(C(=O)C[C@@H](c3ccc(OC)c(OC)c3)C2)[C@H]1c1ccc(OC)cc1OC. The molecular formula is C29H33NO7. The van der Waals surface area contributed by atoms with Crippen molar-refractivity contribution in [2.45, 2.75) is 38.5 Å². The van der Waals surface area contributed by atoms with Crippen molar-refractivity contribution in [3.63, 3.8) is 0 Å². The highest BCUT2D eigenvalue weighted by Crippen LogP contribution is 2.48. The van der Waals surface area contributed by atoms with E-state index in [0.717, 1.165) is 11.3 Å². The number of allylic oxidation sites excluding steroid dienone is 3. The molecule has 0 fully saturated rings. The summed E-state index contributed by atoms with van der Waals surface area (Å²) in [7, 11) is 6.32. The summed E-state index contributed by atoms with van der Waals surface area (Å²) in [4.78, 5) is 27.0. The maximum Gasteiger partial charge on any atom is 0.336 e. The second kappa shape index (κ2) is 11.0. The average Bonchev–Trinajstić information content (AvgIpc) is 2.91. The smallest absolute Gasteiger partial charge is 0.336 e. The van der Waals surface area contributed by atoms with Gasteiger partial charge in [0.2, 0.25) is 0 Å². The Kier molecular flexibility index (Phi) is 7.76. The van der Waals surface area contributed by atoms with Gasteiger partial charge in [-0.2, -0.15) is 0 Å². The summed E-state index contributed by atoms with van der Waals surface area (Å²) in [5, 5.41) is 3.36. The van der Waals surface area contributed by atoms with Gasteiger partial charge in [-0.05, 0) is 49.9 Å². The summed E-state index contributed by atoms with van der Waals surface area (Å²) >= 11 is 0. The zero-order chi connectivity index (χ0) is 26.7. The van der Waals surface area contributed by atoms with Gasteiger partial charge in [-0.3, -0.25) is 4.79 Å². The van der Waals surface area contributed by atoms with Crippen molar-refractivity contribution in [2.75, 3.05) is 35.0 Å². The van der Waals surface area contributed by atoms with Gasteiger partial charge in [-0.1, -0.05) is 12.1 Å². The third-order valence-electron chi connectivity index (χ3n) is 6.95. The number of esters is 1. The molecule has 1 N–H and O–H groups in total. The normalized spacial score (nSPS) is 19.1. The molecule has 2 aliphatic rings. The third kappa shape index (κ3) is 4.88. The van der Waals surface area contributed by atoms with E-state index in [4.69, 9.17) is 23.7 Å².